The molecule has 1 aliphatic heterocycles. The summed E-state index contributed by atoms with van der Waals surface area (Å²) in [4.78, 5) is 8.75. The van der Waals surface area contributed by atoms with E-state index >= 15 is 0 Å². The summed E-state index contributed by atoms with van der Waals surface area (Å²) in [7, 11) is -3.27. The predicted molar refractivity (Wildman–Crippen MR) is 83.0 cm³/mol. The van der Waals surface area contributed by atoms with E-state index in [2.05, 4.69) is 15.3 Å². The number of hydrogen-bond donors (Lipinski definition) is 1. The van der Waals surface area contributed by atoms with Crippen molar-refractivity contribution in [1.82, 2.24) is 14.3 Å². The van der Waals surface area contributed by atoms with Crippen molar-refractivity contribution < 1.29 is 13.2 Å². The average molecular weight is 326 g/mol. The van der Waals surface area contributed by atoms with Crippen molar-refractivity contribution in [1.29, 1.82) is 0 Å². The number of hydrogen-bond acceptors (Lipinski definition) is 6. The predicted octanol–water partition coefficient (Wildman–Crippen LogP) is 1.16. The molecule has 0 unspecified atom stereocenters. The highest BCUT2D eigenvalue weighted by Crippen LogP contribution is 2.36. The number of nitrogens with zero attached hydrogens (tertiary/aromatic N) is 3. The first-order chi connectivity index (χ1) is 10.5. The lowest BCUT2D eigenvalue weighted by atomic mass is 10.2. The van der Waals surface area contributed by atoms with Gasteiger partial charge in [0.15, 0.2) is 5.82 Å². The van der Waals surface area contributed by atoms with Gasteiger partial charge in [-0.25, -0.2) is 18.4 Å². The molecule has 0 spiro atoms. The van der Waals surface area contributed by atoms with E-state index in [1.54, 1.807) is 12.3 Å². The fourth-order valence-electron chi connectivity index (χ4n) is 2.56. The number of aromatic nitrogens is 2. The Bertz CT molecular complexity index is 631. The Morgan fingerprint density at radius 3 is 2.86 bits per heavy atom. The molecule has 1 aliphatic carbocycles. The molecule has 0 radical (unpaired) electrons. The van der Waals surface area contributed by atoms with Gasteiger partial charge in [0.2, 0.25) is 10.0 Å². The largest absolute Gasteiger partial charge is 0.378 e. The highest BCUT2D eigenvalue weighted by Gasteiger charge is 2.45. The van der Waals surface area contributed by atoms with Crippen molar-refractivity contribution in [3.63, 3.8) is 0 Å². The number of sulfonamides is 1. The summed E-state index contributed by atoms with van der Waals surface area (Å²) >= 11 is 0. The smallest absolute Gasteiger partial charge is 0.217 e. The van der Waals surface area contributed by atoms with Gasteiger partial charge in [-0.1, -0.05) is 0 Å². The topological polar surface area (TPSA) is 84.4 Å². The van der Waals surface area contributed by atoms with E-state index in [1.807, 2.05) is 13.8 Å². The fourth-order valence-corrected chi connectivity index (χ4v) is 4.52. The first-order valence-corrected chi connectivity index (χ1v) is 9.16. The zero-order valence-corrected chi connectivity index (χ0v) is 13.7. The Morgan fingerprint density at radius 1 is 1.41 bits per heavy atom. The molecule has 1 aromatic rings. The zero-order valence-electron chi connectivity index (χ0n) is 12.9. The minimum atomic E-state index is -3.27. The normalized spacial score (nSPS) is 23.7. The second-order valence-electron chi connectivity index (χ2n) is 6.04. The monoisotopic (exact) mass is 326 g/mol. The minimum Gasteiger partial charge on any atom is -0.378 e. The van der Waals surface area contributed by atoms with Gasteiger partial charge in [0.25, 0.3) is 0 Å². The van der Waals surface area contributed by atoms with Gasteiger partial charge in [0, 0.05) is 18.8 Å². The first kappa shape index (κ1) is 15.6. The molecular weight excluding hydrogens is 304 g/mol. The number of anilines is 1. The lowest BCUT2D eigenvalue weighted by Gasteiger charge is -2.33. The maximum atomic E-state index is 12.6. The molecule has 1 saturated carbocycles. The highest BCUT2D eigenvalue weighted by molar-refractivity contribution is 7.90. The number of rotatable bonds is 5. The molecule has 2 aliphatic rings. The van der Waals surface area contributed by atoms with Gasteiger partial charge in [0.05, 0.1) is 18.5 Å². The van der Waals surface area contributed by atoms with Gasteiger partial charge in [-0.2, -0.15) is 4.31 Å². The molecule has 122 valence electrons. The van der Waals surface area contributed by atoms with E-state index in [0.29, 0.717) is 31.4 Å². The third-order valence-corrected chi connectivity index (χ3v) is 6.17. The molecule has 1 N–H and O–H groups in total. The Balaban J connectivity index is 1.87. The molecule has 1 aromatic heterocycles. The molecule has 0 aromatic carbocycles. The Labute approximate surface area is 131 Å². The molecule has 0 bridgehead atoms. The van der Waals surface area contributed by atoms with Crippen LogP contribution in [-0.2, 0) is 14.8 Å². The van der Waals surface area contributed by atoms with Gasteiger partial charge in [-0.05, 0) is 32.8 Å². The molecule has 0 amide bonds. The third-order valence-electron chi connectivity index (χ3n) is 3.76. The van der Waals surface area contributed by atoms with Gasteiger partial charge < -0.3 is 10.1 Å². The van der Waals surface area contributed by atoms with Gasteiger partial charge in [-0.3, -0.25) is 0 Å². The number of morpholine rings is 1. The van der Waals surface area contributed by atoms with Crippen molar-refractivity contribution in [2.24, 2.45) is 0 Å². The van der Waals surface area contributed by atoms with E-state index in [-0.39, 0.29) is 11.3 Å². The standard InChI is InChI=1S/C14H22N4O3S/c1-10(2)16-13-5-6-15-14(17-13)12-9-21-8-7-18(12)22(19,20)11-3-4-11/h5-6,10-12H,3-4,7-9H2,1-2H3,(H,15,16,17)/t12-/m1/s1. The van der Waals surface area contributed by atoms with E-state index in [1.165, 1.54) is 4.31 Å². The van der Waals surface area contributed by atoms with Crippen LogP contribution in [-0.4, -0.2) is 53.7 Å². The van der Waals surface area contributed by atoms with E-state index in [9.17, 15) is 8.42 Å². The van der Waals surface area contributed by atoms with Crippen LogP contribution in [0.2, 0.25) is 0 Å². The Hall–Kier alpha value is -1.25. The lowest BCUT2D eigenvalue weighted by Crippen LogP contribution is -2.45. The van der Waals surface area contributed by atoms with Gasteiger partial charge in [0.1, 0.15) is 11.9 Å². The summed E-state index contributed by atoms with van der Waals surface area (Å²) in [6, 6.07) is 1.59. The second kappa shape index (κ2) is 6.10. The molecule has 2 heterocycles. The molecule has 2 fully saturated rings. The number of ether oxygens (including phenoxy) is 1. The minimum absolute atomic E-state index is 0.231. The van der Waals surface area contributed by atoms with Crippen LogP contribution in [0.4, 0.5) is 5.82 Å². The van der Waals surface area contributed by atoms with Crippen LogP contribution in [0.3, 0.4) is 0 Å². The summed E-state index contributed by atoms with van der Waals surface area (Å²) in [5, 5.41) is 2.98. The van der Waals surface area contributed by atoms with Crippen molar-refractivity contribution in [2.45, 2.75) is 44.0 Å². The van der Waals surface area contributed by atoms with Crippen LogP contribution in [0.5, 0.6) is 0 Å². The molecular formula is C14H22N4O3S. The zero-order chi connectivity index (χ0) is 15.7. The fraction of sp³-hybridized carbons (Fsp3) is 0.714. The van der Waals surface area contributed by atoms with Crippen LogP contribution in [0.25, 0.3) is 0 Å². The molecule has 1 atom stereocenters. The highest BCUT2D eigenvalue weighted by atomic mass is 32.2. The van der Waals surface area contributed by atoms with Gasteiger partial charge in [-0.15, -0.1) is 0 Å². The van der Waals surface area contributed by atoms with E-state index in [4.69, 9.17) is 4.74 Å². The summed E-state index contributed by atoms with van der Waals surface area (Å²) in [6.45, 7) is 5.14. The molecule has 8 heteroatoms. The molecule has 3 rings (SSSR count). The lowest BCUT2D eigenvalue weighted by molar-refractivity contribution is 0.0289. The summed E-state index contributed by atoms with van der Waals surface area (Å²) in [6.07, 6.45) is 3.16. The Morgan fingerprint density at radius 2 is 2.18 bits per heavy atom. The van der Waals surface area contributed by atoms with Crippen molar-refractivity contribution >= 4 is 15.8 Å². The van der Waals surface area contributed by atoms with Crippen molar-refractivity contribution in [2.75, 3.05) is 25.1 Å². The summed E-state index contributed by atoms with van der Waals surface area (Å²) in [5.41, 5.74) is 0. The Kier molecular flexibility index (Phi) is 4.33. The first-order valence-electron chi connectivity index (χ1n) is 7.66. The average Bonchev–Trinajstić information content (AvgIpc) is 3.32. The third kappa shape index (κ3) is 3.23. The van der Waals surface area contributed by atoms with Gasteiger partial charge >= 0.3 is 0 Å². The van der Waals surface area contributed by atoms with E-state index in [0.717, 1.165) is 12.8 Å². The quantitative estimate of drug-likeness (QED) is 0.874. The van der Waals surface area contributed by atoms with Crippen LogP contribution in [0.15, 0.2) is 12.3 Å². The maximum Gasteiger partial charge on any atom is 0.217 e. The molecule has 7 nitrogen and oxygen atoms in total. The SMILES string of the molecule is CC(C)Nc1ccnc([C@H]2COCCN2S(=O)(=O)C2CC2)n1. The maximum absolute atomic E-state index is 12.6. The van der Waals surface area contributed by atoms with Crippen molar-refractivity contribution in [3.05, 3.63) is 18.1 Å². The summed E-state index contributed by atoms with van der Waals surface area (Å²) in [5.74, 6) is 1.20. The molecule has 22 heavy (non-hydrogen) atoms. The van der Waals surface area contributed by atoms with Crippen molar-refractivity contribution in [3.8, 4) is 0 Å². The van der Waals surface area contributed by atoms with E-state index < -0.39 is 16.1 Å². The molecule has 1 saturated heterocycles. The summed E-state index contributed by atoms with van der Waals surface area (Å²) < 4.78 is 32.2. The second-order valence-corrected chi connectivity index (χ2v) is 8.21. The van der Waals surface area contributed by atoms with Crippen LogP contribution >= 0.6 is 0 Å². The van der Waals surface area contributed by atoms with Crippen LogP contribution in [0, 0.1) is 0 Å². The van der Waals surface area contributed by atoms with Crippen LogP contribution in [0.1, 0.15) is 38.6 Å². The number of nitrogens with one attached hydrogen (secondary N) is 1. The van der Waals surface area contributed by atoms with Crippen LogP contribution < -0.4 is 5.32 Å².